The second kappa shape index (κ2) is 13.2. The van der Waals surface area contributed by atoms with E-state index in [1.54, 1.807) is 0 Å². The highest BCUT2D eigenvalue weighted by Crippen LogP contribution is 2.47. The summed E-state index contributed by atoms with van der Waals surface area (Å²) < 4.78 is 6.55. The fraction of sp³-hybridized carbons (Fsp3) is 0. The summed E-state index contributed by atoms with van der Waals surface area (Å²) in [5, 5.41) is 10.3. The summed E-state index contributed by atoms with van der Waals surface area (Å²) in [5.74, 6) is 0. The van der Waals surface area contributed by atoms with E-state index < -0.39 is 0 Å². The van der Waals surface area contributed by atoms with Crippen molar-refractivity contribution in [2.75, 3.05) is 0 Å². The molecule has 11 rings (SSSR count). The lowest BCUT2D eigenvalue weighted by molar-refractivity contribution is 0.669. The van der Waals surface area contributed by atoms with Gasteiger partial charge in [-0.25, -0.2) is 0 Å². The van der Waals surface area contributed by atoms with Crippen LogP contribution in [0.5, 0.6) is 0 Å². The fourth-order valence-corrected chi connectivity index (χ4v) is 9.33. The van der Waals surface area contributed by atoms with E-state index in [4.69, 9.17) is 67.2 Å². The fourth-order valence-electron chi connectivity index (χ4n) is 9.33. The Hall–Kier alpha value is -6.18. The van der Waals surface area contributed by atoms with Crippen LogP contribution in [-0.2, 0) is 0 Å². The monoisotopic (exact) mass is 726 g/mol. The number of hydrogen-bond donors (Lipinski definition) is 0. The Kier molecular flexibility index (Phi) is 8.02. The minimum Gasteiger partial charge on any atom is -0.456 e. The second-order valence-electron chi connectivity index (χ2n) is 15.3. The molecule has 11 aromatic rings. The van der Waals surface area contributed by atoms with Crippen molar-refractivity contribution in [3.63, 3.8) is 0 Å². The van der Waals surface area contributed by atoms with Crippen molar-refractivity contribution in [3.8, 4) is 33.4 Å². The zero-order valence-electron chi connectivity index (χ0n) is 31.7. The summed E-state index contributed by atoms with van der Waals surface area (Å²) >= 11 is 0. The van der Waals surface area contributed by atoms with E-state index >= 15 is 0 Å². The summed E-state index contributed by atoms with van der Waals surface area (Å²) in [5.41, 5.74) is 7.99. The molecule has 0 saturated heterocycles. The largest absolute Gasteiger partial charge is 0.456 e. The van der Waals surface area contributed by atoms with Gasteiger partial charge in [-0.15, -0.1) is 21.9 Å². The molecule has 252 valence electrons. The molecular weight excluding hydrogens is 703 g/mol. The minimum atomic E-state index is 0.156. The maximum atomic E-state index is 7.18. The third-order valence-electron chi connectivity index (χ3n) is 12.2. The van der Waals surface area contributed by atoms with Crippen LogP contribution in [0.25, 0.3) is 109 Å². The normalized spacial score (nSPS) is 11.9. The molecule has 59 heavy (non-hydrogen) atoms. The highest BCUT2D eigenvalue weighted by Gasteiger charge is 2.27. The highest BCUT2D eigenvalue weighted by atomic mass is 16.3. The molecule has 0 saturated carbocycles. The first-order chi connectivity index (χ1) is 28.6. The minimum absolute atomic E-state index is 0.156. The van der Waals surface area contributed by atoms with Crippen molar-refractivity contribution in [2.24, 2.45) is 0 Å². The zero-order chi connectivity index (χ0) is 40.4. The summed E-state index contributed by atoms with van der Waals surface area (Å²) in [4.78, 5) is 0. The average molecular weight is 725 g/mol. The molecule has 0 aliphatic rings. The van der Waals surface area contributed by atoms with E-state index in [2.05, 4.69) is 78.9 Å². The number of benzene rings is 10. The summed E-state index contributed by atoms with van der Waals surface area (Å²) in [7, 11) is 55.7. The number of rotatable bonds is 3. The molecule has 0 aliphatic heterocycles. The molecule has 0 atom stereocenters. The van der Waals surface area contributed by atoms with Crippen LogP contribution < -0.4 is 43.7 Å². The zero-order valence-corrected chi connectivity index (χ0v) is 31.7. The van der Waals surface area contributed by atoms with Gasteiger partial charge in [0.15, 0.2) is 0 Å². The van der Waals surface area contributed by atoms with Crippen LogP contribution in [0, 0.1) is 0 Å². The Morgan fingerprint density at radius 2 is 0.763 bits per heavy atom. The van der Waals surface area contributed by atoms with E-state index in [0.29, 0.717) is 38.3 Å². The van der Waals surface area contributed by atoms with Crippen LogP contribution >= 0.6 is 0 Å². The van der Waals surface area contributed by atoms with Crippen LogP contribution in [0.2, 0.25) is 0 Å². The molecule has 1 heterocycles. The van der Waals surface area contributed by atoms with Crippen LogP contribution in [0.15, 0.2) is 138 Å². The predicted molar refractivity (Wildman–Crippen MR) is 261 cm³/mol. The Morgan fingerprint density at radius 3 is 1.36 bits per heavy atom. The molecule has 0 spiro atoms. The highest BCUT2D eigenvalue weighted by molar-refractivity contribution is 6.71. The van der Waals surface area contributed by atoms with Crippen LogP contribution in [0.4, 0.5) is 0 Å². The van der Waals surface area contributed by atoms with E-state index in [1.807, 2.05) is 54.6 Å². The molecule has 0 unspecified atom stereocenters. The molecule has 0 amide bonds. The SMILES string of the molecule is [B]c1c([B])c([B])c2c(-c3cccc4oc5cc6ccccc6cc5c34)c3c([B])c([B])c([B])c([B])c3c(-c3ccc(-c4ccc5ccccc5c4)c4ccccc34)c2c1[B]. The van der Waals surface area contributed by atoms with E-state index in [1.165, 1.54) is 0 Å². The Morgan fingerprint density at radius 1 is 0.288 bits per heavy atom. The lowest BCUT2D eigenvalue weighted by Crippen LogP contribution is -2.50. The maximum absolute atomic E-state index is 7.18. The predicted octanol–water partition coefficient (Wildman–Crippen LogP) is 4.70. The van der Waals surface area contributed by atoms with Crippen molar-refractivity contribution in [2.45, 2.75) is 0 Å². The summed E-state index contributed by atoms with van der Waals surface area (Å²) in [6.07, 6.45) is 0. The molecule has 0 N–H and O–H groups in total. The van der Waals surface area contributed by atoms with Gasteiger partial charge in [0, 0.05) is 10.8 Å². The Balaban J connectivity index is 1.34. The maximum Gasteiger partial charge on any atom is 0.136 e. The lowest BCUT2D eigenvalue weighted by atomic mass is 9.59. The molecular formula is C50H22B8O. The molecule has 9 heteroatoms. The average Bonchev–Trinajstić information content (AvgIpc) is 3.64. The molecule has 0 fully saturated rings. The van der Waals surface area contributed by atoms with Crippen molar-refractivity contribution in [1.82, 2.24) is 0 Å². The molecule has 16 radical (unpaired) electrons. The van der Waals surface area contributed by atoms with Gasteiger partial charge in [-0.3, -0.25) is 0 Å². The standard InChI is InChI=1S/C50H22B8O/c51-43-39-37(31-19-18-28(29-12-5-6-13-30(29)31)27-17-16-23-8-1-2-9-24(23)20-27)40-42(46(54)50(58)48(56)44(40)52)38(41(39)45(53)49(57)47(43)55)32-14-7-15-34-36(32)33-21-25-10-3-4-11-26(25)22-35(33)59-34/h1-22H. The first-order valence-corrected chi connectivity index (χ1v) is 19.2. The van der Waals surface area contributed by atoms with E-state index in [-0.39, 0.29) is 43.7 Å². The molecule has 10 aromatic carbocycles. The van der Waals surface area contributed by atoms with E-state index in [9.17, 15) is 0 Å². The molecule has 1 aromatic heterocycles. The first kappa shape index (κ1) is 35.9. The molecule has 0 bridgehead atoms. The molecule has 1 nitrogen and oxygen atoms in total. The van der Waals surface area contributed by atoms with Crippen molar-refractivity contribution in [1.29, 1.82) is 0 Å². The van der Waals surface area contributed by atoms with Gasteiger partial charge in [0.2, 0.25) is 0 Å². The Labute approximate surface area is 351 Å². The van der Waals surface area contributed by atoms with Gasteiger partial charge in [-0.05, 0) is 112 Å². The smallest absolute Gasteiger partial charge is 0.136 e. The lowest BCUT2D eigenvalue weighted by Gasteiger charge is -2.29. The van der Waals surface area contributed by atoms with Gasteiger partial charge in [-0.2, -0.15) is 0 Å². The number of hydrogen-bond acceptors (Lipinski definition) is 1. The van der Waals surface area contributed by atoms with Crippen LogP contribution in [0.3, 0.4) is 0 Å². The summed E-state index contributed by atoms with van der Waals surface area (Å²) in [6.45, 7) is 0. The van der Waals surface area contributed by atoms with Gasteiger partial charge in [0.25, 0.3) is 0 Å². The van der Waals surface area contributed by atoms with Gasteiger partial charge in [-0.1, -0.05) is 131 Å². The quantitative estimate of drug-likeness (QED) is 0.190. The number of fused-ring (bicyclic) bond motifs is 8. The van der Waals surface area contributed by atoms with Crippen molar-refractivity contribution >= 4 is 182 Å². The van der Waals surface area contributed by atoms with Gasteiger partial charge in [0.1, 0.15) is 73.9 Å². The topological polar surface area (TPSA) is 13.1 Å². The van der Waals surface area contributed by atoms with Gasteiger partial charge >= 0.3 is 0 Å². The second-order valence-corrected chi connectivity index (χ2v) is 15.3. The number of furan rings is 1. The van der Waals surface area contributed by atoms with Crippen LogP contribution in [-0.4, -0.2) is 62.8 Å². The van der Waals surface area contributed by atoms with Gasteiger partial charge < -0.3 is 4.42 Å². The summed E-state index contributed by atoms with van der Waals surface area (Å²) in [6, 6.07) is 45.5. The van der Waals surface area contributed by atoms with E-state index in [0.717, 1.165) is 70.9 Å². The van der Waals surface area contributed by atoms with Crippen molar-refractivity contribution in [3.05, 3.63) is 133 Å². The van der Waals surface area contributed by atoms with Crippen LogP contribution in [0.1, 0.15) is 0 Å². The van der Waals surface area contributed by atoms with Gasteiger partial charge in [0.05, 0.1) is 0 Å². The first-order valence-electron chi connectivity index (χ1n) is 19.2. The third kappa shape index (κ3) is 5.10. The molecule has 0 aliphatic carbocycles. The third-order valence-corrected chi connectivity index (χ3v) is 12.2. The van der Waals surface area contributed by atoms with Crippen molar-refractivity contribution < 1.29 is 4.42 Å². The Bertz CT molecular complexity index is 3580.